The SMILES string of the molecule is CC[C@@]1(c2ccccc2)NC(=O)N(CC(=O)Nc2ccc(N3CCCC3)cc2C)C1=O. The molecule has 4 rings (SSSR count). The molecule has 0 aromatic heterocycles. The molecule has 0 saturated carbocycles. The maximum absolute atomic E-state index is 13.2. The fourth-order valence-corrected chi connectivity index (χ4v) is 4.43. The zero-order valence-corrected chi connectivity index (χ0v) is 18.0. The topological polar surface area (TPSA) is 81.8 Å². The molecule has 2 N–H and O–H groups in total. The number of aryl methyl sites for hydroxylation is 1. The van der Waals surface area contributed by atoms with E-state index in [0.29, 0.717) is 17.7 Å². The molecule has 2 aromatic rings. The zero-order chi connectivity index (χ0) is 22.0. The number of rotatable bonds is 6. The Morgan fingerprint density at radius 3 is 2.45 bits per heavy atom. The van der Waals surface area contributed by atoms with Gasteiger partial charge in [0.25, 0.3) is 5.91 Å². The van der Waals surface area contributed by atoms with Crippen LogP contribution in [0.15, 0.2) is 48.5 Å². The number of hydrogen-bond acceptors (Lipinski definition) is 4. The van der Waals surface area contributed by atoms with E-state index in [9.17, 15) is 14.4 Å². The lowest BCUT2D eigenvalue weighted by molar-refractivity contribution is -0.134. The van der Waals surface area contributed by atoms with E-state index in [2.05, 4.69) is 21.6 Å². The van der Waals surface area contributed by atoms with Gasteiger partial charge in [-0.15, -0.1) is 0 Å². The highest BCUT2D eigenvalue weighted by atomic mass is 16.2. The lowest BCUT2D eigenvalue weighted by Gasteiger charge is -2.25. The van der Waals surface area contributed by atoms with Gasteiger partial charge in [-0.1, -0.05) is 37.3 Å². The second-order valence-electron chi connectivity index (χ2n) is 8.19. The summed E-state index contributed by atoms with van der Waals surface area (Å²) in [4.78, 5) is 41.8. The first kappa shape index (κ1) is 20.9. The van der Waals surface area contributed by atoms with Crippen LogP contribution in [0.25, 0.3) is 0 Å². The summed E-state index contributed by atoms with van der Waals surface area (Å²) in [5, 5.41) is 5.65. The molecule has 2 heterocycles. The van der Waals surface area contributed by atoms with Gasteiger partial charge in [-0.2, -0.15) is 0 Å². The van der Waals surface area contributed by atoms with Crippen molar-refractivity contribution < 1.29 is 14.4 Å². The van der Waals surface area contributed by atoms with Gasteiger partial charge in [-0.05, 0) is 55.5 Å². The molecule has 2 aromatic carbocycles. The monoisotopic (exact) mass is 420 g/mol. The number of nitrogens with one attached hydrogen (secondary N) is 2. The number of urea groups is 1. The van der Waals surface area contributed by atoms with Crippen LogP contribution >= 0.6 is 0 Å². The number of carbonyl (C=O) groups is 3. The number of nitrogens with zero attached hydrogens (tertiary/aromatic N) is 2. The standard InChI is InChI=1S/C24H28N4O3/c1-3-24(18-9-5-4-6-10-18)22(30)28(23(31)26-24)16-21(29)25-20-12-11-19(15-17(20)2)27-13-7-8-14-27/h4-6,9-12,15H,3,7-8,13-14,16H2,1-2H3,(H,25,29)(H,26,31)/t24-/m0/s1. The summed E-state index contributed by atoms with van der Waals surface area (Å²) in [6.07, 6.45) is 2.80. The Labute approximate surface area is 182 Å². The first-order chi connectivity index (χ1) is 14.9. The van der Waals surface area contributed by atoms with Crippen molar-refractivity contribution in [1.29, 1.82) is 0 Å². The van der Waals surface area contributed by atoms with E-state index in [1.807, 2.05) is 56.3 Å². The number of imide groups is 1. The van der Waals surface area contributed by atoms with E-state index < -0.39 is 23.4 Å². The van der Waals surface area contributed by atoms with E-state index in [1.54, 1.807) is 0 Å². The number of hydrogen-bond donors (Lipinski definition) is 2. The van der Waals surface area contributed by atoms with Crippen molar-refractivity contribution in [1.82, 2.24) is 10.2 Å². The Kier molecular flexibility index (Phi) is 5.67. The molecule has 162 valence electrons. The van der Waals surface area contributed by atoms with Crippen LogP contribution in [-0.2, 0) is 15.1 Å². The van der Waals surface area contributed by atoms with Gasteiger partial charge < -0.3 is 15.5 Å². The minimum atomic E-state index is -1.13. The van der Waals surface area contributed by atoms with Gasteiger partial charge in [-0.25, -0.2) is 4.79 Å². The normalized spacial score (nSPS) is 20.8. The third kappa shape index (κ3) is 3.87. The number of amides is 4. The van der Waals surface area contributed by atoms with E-state index in [0.717, 1.165) is 29.2 Å². The van der Waals surface area contributed by atoms with Crippen LogP contribution in [0.4, 0.5) is 16.2 Å². The van der Waals surface area contributed by atoms with Gasteiger partial charge in [0.2, 0.25) is 5.91 Å². The fraction of sp³-hybridized carbons (Fsp3) is 0.375. The molecule has 2 saturated heterocycles. The van der Waals surface area contributed by atoms with Crippen molar-refractivity contribution in [2.24, 2.45) is 0 Å². The van der Waals surface area contributed by atoms with E-state index in [4.69, 9.17) is 0 Å². The highest BCUT2D eigenvalue weighted by Gasteiger charge is 2.51. The Bertz CT molecular complexity index is 1000. The smallest absolute Gasteiger partial charge is 0.325 e. The van der Waals surface area contributed by atoms with Crippen molar-refractivity contribution >= 4 is 29.2 Å². The molecule has 0 radical (unpaired) electrons. The summed E-state index contributed by atoms with van der Waals surface area (Å²) < 4.78 is 0. The van der Waals surface area contributed by atoms with Crippen molar-refractivity contribution in [3.63, 3.8) is 0 Å². The van der Waals surface area contributed by atoms with Gasteiger partial charge in [0, 0.05) is 24.5 Å². The fourth-order valence-electron chi connectivity index (χ4n) is 4.43. The maximum Gasteiger partial charge on any atom is 0.325 e. The molecule has 2 fully saturated rings. The van der Waals surface area contributed by atoms with Gasteiger partial charge in [0.1, 0.15) is 12.1 Å². The lowest BCUT2D eigenvalue weighted by Crippen LogP contribution is -2.44. The van der Waals surface area contributed by atoms with E-state index in [1.165, 1.54) is 12.8 Å². The Hall–Kier alpha value is -3.35. The van der Waals surface area contributed by atoms with Crippen molar-refractivity contribution in [2.75, 3.05) is 29.9 Å². The molecule has 1 atom stereocenters. The number of anilines is 2. The van der Waals surface area contributed by atoms with Gasteiger partial charge in [0.15, 0.2) is 0 Å². The predicted molar refractivity (Wildman–Crippen MR) is 120 cm³/mol. The minimum absolute atomic E-state index is 0.327. The van der Waals surface area contributed by atoms with E-state index >= 15 is 0 Å². The average Bonchev–Trinajstić information content (AvgIpc) is 3.39. The van der Waals surface area contributed by atoms with Crippen LogP contribution in [0.3, 0.4) is 0 Å². The molecular weight excluding hydrogens is 392 g/mol. The maximum atomic E-state index is 13.2. The molecule has 0 spiro atoms. The van der Waals surface area contributed by atoms with Gasteiger partial charge in [-0.3, -0.25) is 14.5 Å². The third-order valence-corrected chi connectivity index (χ3v) is 6.23. The quantitative estimate of drug-likeness (QED) is 0.702. The van der Waals surface area contributed by atoms with Crippen LogP contribution < -0.4 is 15.5 Å². The summed E-state index contributed by atoms with van der Waals surface area (Å²) in [5.74, 6) is -0.803. The third-order valence-electron chi connectivity index (χ3n) is 6.23. The summed E-state index contributed by atoms with van der Waals surface area (Å²) in [6.45, 7) is 5.57. The highest BCUT2D eigenvalue weighted by Crippen LogP contribution is 2.32. The van der Waals surface area contributed by atoms with Crippen LogP contribution in [0, 0.1) is 6.92 Å². The van der Waals surface area contributed by atoms with Crippen LogP contribution in [-0.4, -0.2) is 42.4 Å². The number of carbonyl (C=O) groups excluding carboxylic acids is 3. The van der Waals surface area contributed by atoms with Crippen LogP contribution in [0.1, 0.15) is 37.3 Å². The molecular formula is C24H28N4O3. The summed E-state index contributed by atoms with van der Waals surface area (Å²) >= 11 is 0. The molecule has 2 aliphatic rings. The van der Waals surface area contributed by atoms with Crippen molar-refractivity contribution in [2.45, 2.75) is 38.6 Å². The Balaban J connectivity index is 1.46. The molecule has 7 heteroatoms. The molecule has 4 amide bonds. The largest absolute Gasteiger partial charge is 0.372 e. The predicted octanol–water partition coefficient (Wildman–Crippen LogP) is 3.39. The van der Waals surface area contributed by atoms with Crippen LogP contribution in [0.2, 0.25) is 0 Å². The zero-order valence-electron chi connectivity index (χ0n) is 18.0. The number of benzene rings is 2. The summed E-state index contributed by atoms with van der Waals surface area (Å²) in [7, 11) is 0. The second kappa shape index (κ2) is 8.41. The average molecular weight is 421 g/mol. The summed E-state index contributed by atoms with van der Waals surface area (Å²) in [6, 6.07) is 14.5. The first-order valence-corrected chi connectivity index (χ1v) is 10.8. The molecule has 7 nitrogen and oxygen atoms in total. The molecule has 31 heavy (non-hydrogen) atoms. The molecule has 2 aliphatic heterocycles. The lowest BCUT2D eigenvalue weighted by atomic mass is 9.87. The van der Waals surface area contributed by atoms with Crippen molar-refractivity contribution in [3.8, 4) is 0 Å². The van der Waals surface area contributed by atoms with Crippen LogP contribution in [0.5, 0.6) is 0 Å². The van der Waals surface area contributed by atoms with Gasteiger partial charge >= 0.3 is 6.03 Å². The Morgan fingerprint density at radius 2 is 1.81 bits per heavy atom. The van der Waals surface area contributed by atoms with Crippen molar-refractivity contribution in [3.05, 3.63) is 59.7 Å². The molecule has 0 unspecified atom stereocenters. The first-order valence-electron chi connectivity index (χ1n) is 10.8. The highest BCUT2D eigenvalue weighted by molar-refractivity contribution is 6.10. The summed E-state index contributed by atoms with van der Waals surface area (Å²) in [5.41, 5.74) is 2.36. The minimum Gasteiger partial charge on any atom is -0.372 e. The second-order valence-corrected chi connectivity index (χ2v) is 8.19. The Morgan fingerprint density at radius 1 is 1.10 bits per heavy atom. The van der Waals surface area contributed by atoms with Gasteiger partial charge in [0.05, 0.1) is 0 Å². The molecule has 0 aliphatic carbocycles. The van der Waals surface area contributed by atoms with E-state index in [-0.39, 0.29) is 6.54 Å². The molecule has 0 bridgehead atoms.